The van der Waals surface area contributed by atoms with E-state index in [1.807, 2.05) is 38.1 Å². The number of carbonyl (C=O) groups excluding carboxylic acids is 1. The highest BCUT2D eigenvalue weighted by molar-refractivity contribution is 5.77. The number of hydrogen-bond donors (Lipinski definition) is 2. The fourth-order valence-corrected chi connectivity index (χ4v) is 1.59. The van der Waals surface area contributed by atoms with Crippen molar-refractivity contribution in [2.45, 2.75) is 26.3 Å². The molecule has 5 heteroatoms. The number of ether oxygens (including phenoxy) is 1. The zero-order valence-electron chi connectivity index (χ0n) is 11.3. The van der Waals surface area contributed by atoms with Crippen LogP contribution in [0.3, 0.4) is 0 Å². The highest BCUT2D eigenvalue weighted by atomic mass is 16.5. The van der Waals surface area contributed by atoms with Crippen molar-refractivity contribution in [1.29, 1.82) is 5.26 Å². The second-order valence-electron chi connectivity index (χ2n) is 4.38. The molecule has 1 atom stereocenters. The summed E-state index contributed by atoms with van der Waals surface area (Å²) < 4.78 is 5.50. The van der Waals surface area contributed by atoms with Gasteiger partial charge in [-0.25, -0.2) is 0 Å². The Morgan fingerprint density at radius 3 is 2.95 bits per heavy atom. The SMILES string of the molecule is Cc1ccc([C@H](C)N)c(OCC(=O)NCCC#N)c1. The molecule has 0 bridgehead atoms. The van der Waals surface area contributed by atoms with Crippen molar-refractivity contribution < 1.29 is 9.53 Å². The summed E-state index contributed by atoms with van der Waals surface area (Å²) in [5.41, 5.74) is 7.77. The summed E-state index contributed by atoms with van der Waals surface area (Å²) in [6.45, 7) is 4.08. The molecule has 102 valence electrons. The van der Waals surface area contributed by atoms with E-state index in [0.717, 1.165) is 11.1 Å². The second-order valence-corrected chi connectivity index (χ2v) is 4.38. The Balaban J connectivity index is 2.59. The van der Waals surface area contributed by atoms with Gasteiger partial charge in [0, 0.05) is 18.2 Å². The van der Waals surface area contributed by atoms with Crippen molar-refractivity contribution in [1.82, 2.24) is 5.32 Å². The van der Waals surface area contributed by atoms with Crippen LogP contribution in [-0.2, 0) is 4.79 Å². The number of aryl methyl sites for hydroxylation is 1. The molecular formula is C14H19N3O2. The Bertz CT molecular complexity index is 478. The predicted octanol–water partition coefficient (Wildman–Crippen LogP) is 1.42. The third-order valence-electron chi connectivity index (χ3n) is 2.58. The molecule has 0 heterocycles. The van der Waals surface area contributed by atoms with E-state index in [-0.39, 0.29) is 18.6 Å². The molecule has 1 aromatic rings. The third-order valence-corrected chi connectivity index (χ3v) is 2.58. The molecule has 0 saturated heterocycles. The molecule has 0 spiro atoms. The normalized spacial score (nSPS) is 11.5. The van der Waals surface area contributed by atoms with Crippen LogP contribution in [0, 0.1) is 18.3 Å². The molecule has 3 N–H and O–H groups in total. The summed E-state index contributed by atoms with van der Waals surface area (Å²) in [5, 5.41) is 11.0. The van der Waals surface area contributed by atoms with E-state index in [1.54, 1.807) is 0 Å². The highest BCUT2D eigenvalue weighted by Gasteiger charge is 2.10. The van der Waals surface area contributed by atoms with Gasteiger partial charge in [0.25, 0.3) is 5.91 Å². The van der Waals surface area contributed by atoms with Gasteiger partial charge in [0.05, 0.1) is 12.5 Å². The molecule has 5 nitrogen and oxygen atoms in total. The van der Waals surface area contributed by atoms with E-state index >= 15 is 0 Å². The van der Waals surface area contributed by atoms with Crippen molar-refractivity contribution >= 4 is 5.91 Å². The van der Waals surface area contributed by atoms with Crippen molar-refractivity contribution in [2.75, 3.05) is 13.2 Å². The number of amides is 1. The van der Waals surface area contributed by atoms with Gasteiger partial charge in [-0.05, 0) is 25.5 Å². The van der Waals surface area contributed by atoms with Gasteiger partial charge in [-0.1, -0.05) is 12.1 Å². The van der Waals surface area contributed by atoms with Gasteiger partial charge < -0.3 is 15.8 Å². The first-order valence-electron chi connectivity index (χ1n) is 6.17. The molecule has 1 rings (SSSR count). The summed E-state index contributed by atoms with van der Waals surface area (Å²) in [4.78, 5) is 11.5. The largest absolute Gasteiger partial charge is 0.483 e. The second kappa shape index (κ2) is 7.39. The molecule has 0 aliphatic rings. The van der Waals surface area contributed by atoms with Crippen molar-refractivity contribution in [3.05, 3.63) is 29.3 Å². The maximum Gasteiger partial charge on any atom is 0.257 e. The van der Waals surface area contributed by atoms with Crippen LogP contribution < -0.4 is 15.8 Å². The Hall–Kier alpha value is -2.06. The Morgan fingerprint density at radius 1 is 1.58 bits per heavy atom. The zero-order chi connectivity index (χ0) is 14.3. The average Bonchev–Trinajstić information content (AvgIpc) is 2.36. The zero-order valence-corrected chi connectivity index (χ0v) is 11.3. The van der Waals surface area contributed by atoms with Crippen LogP contribution in [0.25, 0.3) is 0 Å². The van der Waals surface area contributed by atoms with Crippen LogP contribution in [0.1, 0.15) is 30.5 Å². The van der Waals surface area contributed by atoms with Crippen LogP contribution in [0.2, 0.25) is 0 Å². The van der Waals surface area contributed by atoms with Gasteiger partial charge >= 0.3 is 0 Å². The fraction of sp³-hybridized carbons (Fsp3) is 0.429. The van der Waals surface area contributed by atoms with Crippen molar-refractivity contribution in [2.24, 2.45) is 5.73 Å². The summed E-state index contributed by atoms with van der Waals surface area (Å²) in [5.74, 6) is 0.387. The van der Waals surface area contributed by atoms with Crippen LogP contribution in [0.5, 0.6) is 5.75 Å². The van der Waals surface area contributed by atoms with Crippen LogP contribution in [0.15, 0.2) is 18.2 Å². The summed E-state index contributed by atoms with van der Waals surface area (Å²) in [7, 11) is 0. The topological polar surface area (TPSA) is 88.1 Å². The van der Waals surface area contributed by atoms with Crippen LogP contribution >= 0.6 is 0 Å². The van der Waals surface area contributed by atoms with E-state index in [4.69, 9.17) is 15.7 Å². The van der Waals surface area contributed by atoms with Crippen LogP contribution in [0.4, 0.5) is 0 Å². The van der Waals surface area contributed by atoms with E-state index in [9.17, 15) is 4.79 Å². The number of nitrogens with two attached hydrogens (primary N) is 1. The van der Waals surface area contributed by atoms with Gasteiger partial charge in [0.15, 0.2) is 6.61 Å². The number of nitrogens with one attached hydrogen (secondary N) is 1. The molecular weight excluding hydrogens is 242 g/mol. The monoisotopic (exact) mass is 261 g/mol. The molecule has 0 aromatic heterocycles. The number of nitrogens with zero attached hydrogens (tertiary/aromatic N) is 1. The maximum absolute atomic E-state index is 11.5. The standard InChI is InChI=1S/C14H19N3O2/c1-10-4-5-12(11(2)16)13(8-10)19-9-14(18)17-7-3-6-15/h4-5,8,11H,3,7,9,16H2,1-2H3,(H,17,18)/t11-/m0/s1. The number of benzene rings is 1. The first kappa shape index (κ1) is 15.0. The number of carbonyl (C=O) groups is 1. The minimum absolute atomic E-state index is 0.0748. The minimum atomic E-state index is -0.243. The molecule has 0 unspecified atom stereocenters. The maximum atomic E-state index is 11.5. The lowest BCUT2D eigenvalue weighted by molar-refractivity contribution is -0.123. The van der Waals surface area contributed by atoms with Gasteiger partial charge in [-0.2, -0.15) is 5.26 Å². The first-order chi connectivity index (χ1) is 9.04. The lowest BCUT2D eigenvalue weighted by Gasteiger charge is -2.14. The lowest BCUT2D eigenvalue weighted by Crippen LogP contribution is -2.29. The van der Waals surface area contributed by atoms with Gasteiger partial charge in [0.1, 0.15) is 5.75 Å². The quantitative estimate of drug-likeness (QED) is 0.758. The molecule has 0 radical (unpaired) electrons. The number of nitriles is 1. The third kappa shape index (κ3) is 4.98. The smallest absolute Gasteiger partial charge is 0.257 e. The Kier molecular flexibility index (Phi) is 5.83. The Morgan fingerprint density at radius 2 is 2.32 bits per heavy atom. The van der Waals surface area contributed by atoms with Crippen LogP contribution in [-0.4, -0.2) is 19.1 Å². The lowest BCUT2D eigenvalue weighted by atomic mass is 10.1. The molecule has 1 aromatic carbocycles. The Labute approximate surface area is 113 Å². The molecule has 1 amide bonds. The minimum Gasteiger partial charge on any atom is -0.483 e. The van der Waals surface area contributed by atoms with E-state index in [0.29, 0.717) is 18.7 Å². The van der Waals surface area contributed by atoms with Gasteiger partial charge in [-0.3, -0.25) is 4.79 Å². The summed E-state index contributed by atoms with van der Waals surface area (Å²) >= 11 is 0. The average molecular weight is 261 g/mol. The molecule has 0 fully saturated rings. The van der Waals surface area contributed by atoms with E-state index in [1.165, 1.54) is 0 Å². The highest BCUT2D eigenvalue weighted by Crippen LogP contribution is 2.24. The van der Waals surface area contributed by atoms with Gasteiger partial charge in [0.2, 0.25) is 0 Å². The summed E-state index contributed by atoms with van der Waals surface area (Å²) in [6.07, 6.45) is 0.293. The van der Waals surface area contributed by atoms with Gasteiger partial charge in [-0.15, -0.1) is 0 Å². The summed E-state index contributed by atoms with van der Waals surface area (Å²) in [6, 6.07) is 7.53. The molecule has 0 saturated carbocycles. The first-order valence-corrected chi connectivity index (χ1v) is 6.17. The fourth-order valence-electron chi connectivity index (χ4n) is 1.59. The van der Waals surface area contributed by atoms with Crippen molar-refractivity contribution in [3.8, 4) is 11.8 Å². The molecule has 0 aliphatic heterocycles. The van der Waals surface area contributed by atoms with E-state index < -0.39 is 0 Å². The predicted molar refractivity (Wildman–Crippen MR) is 72.5 cm³/mol. The molecule has 0 aliphatic carbocycles. The van der Waals surface area contributed by atoms with Crippen molar-refractivity contribution in [3.63, 3.8) is 0 Å². The molecule has 19 heavy (non-hydrogen) atoms. The van der Waals surface area contributed by atoms with E-state index in [2.05, 4.69) is 5.32 Å². The number of rotatable bonds is 6. The number of hydrogen-bond acceptors (Lipinski definition) is 4.